The first-order valence-corrected chi connectivity index (χ1v) is 17.8. The molecule has 1 aromatic carbocycles. The summed E-state index contributed by atoms with van der Waals surface area (Å²) in [6, 6.07) is 6.72. The third kappa shape index (κ3) is 6.57. The van der Waals surface area contributed by atoms with Crippen LogP contribution in [-0.4, -0.2) is 124 Å². The monoisotopic (exact) mass is 647 g/mol. The zero-order valence-corrected chi connectivity index (χ0v) is 27.7. The van der Waals surface area contributed by atoms with Gasteiger partial charge in [-0.25, -0.2) is 4.79 Å². The third-order valence-electron chi connectivity index (χ3n) is 10.5. The molecule has 0 saturated carbocycles. The second-order valence-corrected chi connectivity index (χ2v) is 14.6. The number of hydrogen-bond acceptors (Lipinski definition) is 8. The number of aryl methyl sites for hydroxylation is 2. The van der Waals surface area contributed by atoms with E-state index < -0.39 is 12.2 Å². The molecule has 11 nitrogen and oxygen atoms in total. The number of ether oxygens (including phenoxy) is 1. The van der Waals surface area contributed by atoms with Crippen molar-refractivity contribution in [3.63, 3.8) is 0 Å². The fourth-order valence-corrected chi connectivity index (χ4v) is 8.76. The van der Waals surface area contributed by atoms with Crippen LogP contribution in [0, 0.1) is 6.92 Å². The Morgan fingerprint density at radius 1 is 1.00 bits per heavy atom. The lowest BCUT2D eigenvalue weighted by Gasteiger charge is -2.42. The molecule has 3 fully saturated rings. The minimum absolute atomic E-state index is 0.0133. The molecule has 2 aromatic heterocycles. The number of likely N-dealkylation sites (tertiary alicyclic amines) is 2. The van der Waals surface area contributed by atoms with Gasteiger partial charge in [-0.3, -0.25) is 19.6 Å². The van der Waals surface area contributed by atoms with Gasteiger partial charge in [-0.1, -0.05) is 6.07 Å². The van der Waals surface area contributed by atoms with Crippen LogP contribution in [0.1, 0.15) is 53.9 Å². The van der Waals surface area contributed by atoms with Crippen LogP contribution in [0.25, 0.3) is 10.9 Å². The number of fused-ring (bicyclic) bond motifs is 2. The first-order chi connectivity index (χ1) is 22.3. The van der Waals surface area contributed by atoms with Gasteiger partial charge in [0.1, 0.15) is 0 Å². The zero-order chi connectivity index (χ0) is 31.8. The molecule has 0 spiro atoms. The zero-order valence-electron chi connectivity index (χ0n) is 26.9. The van der Waals surface area contributed by atoms with Crippen LogP contribution >= 0.6 is 11.8 Å². The van der Waals surface area contributed by atoms with E-state index in [2.05, 4.69) is 38.1 Å². The van der Waals surface area contributed by atoms with Gasteiger partial charge in [-0.2, -0.15) is 5.10 Å². The van der Waals surface area contributed by atoms with Gasteiger partial charge in [-0.05, 0) is 93.9 Å². The Hall–Kier alpha value is -3.35. The van der Waals surface area contributed by atoms with Crippen molar-refractivity contribution in [3.8, 4) is 0 Å². The van der Waals surface area contributed by atoms with Crippen LogP contribution in [0.15, 0.2) is 34.2 Å². The lowest BCUT2D eigenvalue weighted by Crippen LogP contribution is -2.56. The topological polar surface area (TPSA) is 118 Å². The minimum Gasteiger partial charge on any atom is -0.436 e. The molecule has 3 saturated heterocycles. The number of aromatic nitrogens is 3. The number of benzene rings is 1. The fraction of sp³-hybridized carbons (Fsp3) is 0.588. The van der Waals surface area contributed by atoms with Crippen molar-refractivity contribution in [1.82, 2.24) is 34.8 Å². The maximum Gasteiger partial charge on any atom is 0.410 e. The van der Waals surface area contributed by atoms with Gasteiger partial charge in [0.25, 0.3) is 11.5 Å². The number of aromatic amines is 2. The number of piperidine rings is 2. The molecule has 0 aliphatic carbocycles. The number of H-pyrrole nitrogens is 2. The Labute approximate surface area is 274 Å². The van der Waals surface area contributed by atoms with E-state index in [0.29, 0.717) is 51.5 Å². The summed E-state index contributed by atoms with van der Waals surface area (Å²) in [7, 11) is 2.18. The maximum atomic E-state index is 14.1. The molecule has 0 bridgehead atoms. The molecule has 246 valence electrons. The number of thioether (sulfide) groups is 1. The van der Waals surface area contributed by atoms with Crippen molar-refractivity contribution in [1.29, 1.82) is 0 Å². The highest BCUT2D eigenvalue weighted by Gasteiger charge is 2.35. The van der Waals surface area contributed by atoms with E-state index in [4.69, 9.17) is 4.74 Å². The van der Waals surface area contributed by atoms with E-state index >= 15 is 0 Å². The summed E-state index contributed by atoms with van der Waals surface area (Å²) in [5.74, 6) is 0.980. The summed E-state index contributed by atoms with van der Waals surface area (Å²) >= 11 is 1.70. The average molecular weight is 648 g/mol. The van der Waals surface area contributed by atoms with Crippen LogP contribution in [0.4, 0.5) is 4.79 Å². The average Bonchev–Trinajstić information content (AvgIpc) is 3.74. The number of nitrogens with zero attached hydrogens (tertiary/aromatic N) is 5. The second-order valence-electron chi connectivity index (χ2n) is 13.5. The van der Waals surface area contributed by atoms with Crippen LogP contribution in [0.5, 0.6) is 0 Å². The van der Waals surface area contributed by atoms with Crippen molar-refractivity contribution < 1.29 is 14.3 Å². The molecule has 12 heteroatoms. The molecule has 1 unspecified atom stereocenters. The molecule has 3 aromatic rings. The van der Waals surface area contributed by atoms with Crippen LogP contribution < -0.4 is 5.56 Å². The van der Waals surface area contributed by atoms with E-state index in [0.717, 1.165) is 83.8 Å². The minimum atomic E-state index is -0.916. The number of carbonyl (C=O) groups excluding carboxylic acids is 2. The Morgan fingerprint density at radius 3 is 2.52 bits per heavy atom. The molecular formula is C34H45N7O4S. The molecule has 7 rings (SSSR count). The second kappa shape index (κ2) is 13.4. The first-order valence-electron chi connectivity index (χ1n) is 16.8. The Balaban J connectivity index is 1.02. The number of pyridine rings is 1. The normalized spacial score (nSPS) is 21.1. The molecule has 46 heavy (non-hydrogen) atoms. The number of rotatable bonds is 6. The molecular weight excluding hydrogens is 602 g/mol. The van der Waals surface area contributed by atoms with Crippen LogP contribution in [0.3, 0.4) is 0 Å². The number of nitrogens with one attached hydrogen (secondary N) is 2. The van der Waals surface area contributed by atoms with Gasteiger partial charge in [-0.15, -0.1) is 11.8 Å². The van der Waals surface area contributed by atoms with E-state index in [9.17, 15) is 14.4 Å². The van der Waals surface area contributed by atoms with Gasteiger partial charge in [0, 0.05) is 68.4 Å². The molecule has 4 aliphatic rings. The van der Waals surface area contributed by atoms with Crippen molar-refractivity contribution in [2.24, 2.45) is 0 Å². The lowest BCUT2D eigenvalue weighted by molar-refractivity contribution is -0.143. The number of amides is 2. The van der Waals surface area contributed by atoms with Gasteiger partial charge < -0.3 is 24.4 Å². The number of piperazine rings is 1. The van der Waals surface area contributed by atoms with E-state index in [1.807, 2.05) is 24.0 Å². The summed E-state index contributed by atoms with van der Waals surface area (Å²) in [4.78, 5) is 52.1. The SMILES string of the molecule is Cc1cc(CC(OC(=O)N2CCC(c3cc4c([nH]c3=O)SCC4)CC2)C(=O)N2CCN(C3CCN(C)CC3)CC2)cc2cn[nH]c12. The van der Waals surface area contributed by atoms with Gasteiger partial charge in [0.2, 0.25) is 0 Å². The van der Waals surface area contributed by atoms with Crippen molar-refractivity contribution in [2.45, 2.75) is 68.5 Å². The molecule has 2 N–H and O–H groups in total. The largest absolute Gasteiger partial charge is 0.436 e. The van der Waals surface area contributed by atoms with Crippen molar-refractivity contribution in [3.05, 3.63) is 57.0 Å². The number of carbonyl (C=O) groups is 2. The van der Waals surface area contributed by atoms with Gasteiger partial charge >= 0.3 is 6.09 Å². The van der Waals surface area contributed by atoms with E-state index in [1.165, 1.54) is 5.56 Å². The Morgan fingerprint density at radius 2 is 1.76 bits per heavy atom. The molecule has 1 atom stereocenters. The Bertz CT molecular complexity index is 1630. The highest BCUT2D eigenvalue weighted by Crippen LogP contribution is 2.33. The predicted octanol–water partition coefficient (Wildman–Crippen LogP) is 3.37. The van der Waals surface area contributed by atoms with Crippen LogP contribution in [-0.2, 0) is 22.4 Å². The van der Waals surface area contributed by atoms with E-state index in [1.54, 1.807) is 22.9 Å². The molecule has 4 aliphatic heterocycles. The lowest BCUT2D eigenvalue weighted by atomic mass is 9.89. The molecule has 6 heterocycles. The third-order valence-corrected chi connectivity index (χ3v) is 11.6. The van der Waals surface area contributed by atoms with Gasteiger partial charge in [0.15, 0.2) is 6.10 Å². The summed E-state index contributed by atoms with van der Waals surface area (Å²) < 4.78 is 6.11. The fourth-order valence-electron chi connectivity index (χ4n) is 7.72. The standard InChI is InChI=1S/C34H45N7O4S/c1-22-17-23(18-26-21-35-37-30(22)26)19-29(33(43)40-14-12-39(13-15-40)27-5-8-38(2)9-6-27)45-34(44)41-10-3-24(4-11-41)28-20-25-7-16-46-32(25)36-31(28)42/h17-18,20-21,24,27,29H,3-16,19H2,1-2H3,(H,35,37)(H,36,42). The first kappa shape index (κ1) is 31.3. The predicted molar refractivity (Wildman–Crippen MR) is 179 cm³/mol. The maximum absolute atomic E-state index is 14.1. The summed E-state index contributed by atoms with van der Waals surface area (Å²) in [6.07, 6.45) is 5.41. The highest BCUT2D eigenvalue weighted by atomic mass is 32.2. The number of hydrogen-bond donors (Lipinski definition) is 2. The van der Waals surface area contributed by atoms with Crippen LogP contribution in [0.2, 0.25) is 0 Å². The quantitative estimate of drug-likeness (QED) is 0.419. The Kier molecular flexibility index (Phi) is 9.11. The van der Waals surface area contributed by atoms with E-state index in [-0.39, 0.29) is 17.4 Å². The smallest absolute Gasteiger partial charge is 0.410 e. The summed E-state index contributed by atoms with van der Waals surface area (Å²) in [5, 5.41) is 9.18. The van der Waals surface area contributed by atoms with Crippen molar-refractivity contribution in [2.75, 3.05) is 65.2 Å². The summed E-state index contributed by atoms with van der Waals surface area (Å²) in [6.45, 7) is 8.19. The van der Waals surface area contributed by atoms with Crippen molar-refractivity contribution >= 4 is 34.7 Å². The van der Waals surface area contributed by atoms with Gasteiger partial charge in [0.05, 0.1) is 16.7 Å². The highest BCUT2D eigenvalue weighted by molar-refractivity contribution is 7.99. The molecule has 2 amide bonds. The molecule has 0 radical (unpaired) electrons. The summed E-state index contributed by atoms with van der Waals surface area (Å²) in [5.41, 5.74) is 4.98.